The second kappa shape index (κ2) is 28.6. The smallest absolute Gasteiger partial charge is 0.305 e. The number of carboxylic acid groups (broad SMARTS) is 2. The minimum absolute atomic E-state index is 0.00712. The summed E-state index contributed by atoms with van der Waals surface area (Å²) >= 11 is 0. The first-order valence-electron chi connectivity index (χ1n) is 23.2. The molecular formula is C46H66N10O15S. The summed E-state index contributed by atoms with van der Waals surface area (Å²) in [6.07, 6.45) is -2.55. The molecule has 26 heteroatoms. The number of aliphatic carboxylic acids is 2. The molecule has 0 spiro atoms. The van der Waals surface area contributed by atoms with Gasteiger partial charge in [-0.3, -0.25) is 47.9 Å². The van der Waals surface area contributed by atoms with Crippen molar-refractivity contribution in [1.82, 2.24) is 35.8 Å². The lowest BCUT2D eigenvalue weighted by Gasteiger charge is -2.35. The number of rotatable bonds is 31. The fourth-order valence-electron chi connectivity index (χ4n) is 7.76. The quantitative estimate of drug-likeness (QED) is 0.0396. The van der Waals surface area contributed by atoms with Gasteiger partial charge in [-0.05, 0) is 87.4 Å². The molecule has 3 rings (SSSR count). The average Bonchev–Trinajstić information content (AvgIpc) is 3.76. The summed E-state index contributed by atoms with van der Waals surface area (Å²) in [5.41, 5.74) is 16.5. The van der Waals surface area contributed by atoms with Crippen molar-refractivity contribution in [2.45, 2.75) is 126 Å². The molecule has 396 valence electrons. The average molecular weight is 1030 g/mol. The van der Waals surface area contributed by atoms with Crippen LogP contribution in [-0.2, 0) is 58.0 Å². The highest BCUT2D eigenvalue weighted by Crippen LogP contribution is 2.25. The highest BCUT2D eigenvalue weighted by molar-refractivity contribution is 7.89. The van der Waals surface area contributed by atoms with Crippen molar-refractivity contribution in [3.63, 3.8) is 0 Å². The number of ether oxygens (including phenoxy) is 1. The third-order valence-corrected chi connectivity index (χ3v) is 12.8. The number of carboxylic acids is 2. The first-order valence-corrected chi connectivity index (χ1v) is 24.7. The molecule has 2 aromatic carbocycles. The summed E-state index contributed by atoms with van der Waals surface area (Å²) in [6.45, 7) is 3.26. The molecule has 25 nitrogen and oxygen atoms in total. The summed E-state index contributed by atoms with van der Waals surface area (Å²) < 4.78 is 33.8. The third kappa shape index (κ3) is 19.5. The van der Waals surface area contributed by atoms with Gasteiger partial charge in [-0.25, -0.2) is 13.1 Å². The first kappa shape index (κ1) is 59.1. The zero-order chi connectivity index (χ0) is 53.7. The number of nitrogens with two attached hydrogens (primary N) is 3. The summed E-state index contributed by atoms with van der Waals surface area (Å²) in [7, 11) is -2.75. The Hall–Kier alpha value is -7.19. The Balaban J connectivity index is 1.69. The van der Waals surface area contributed by atoms with E-state index in [1.54, 1.807) is 38.1 Å². The Morgan fingerprint density at radius 1 is 0.750 bits per heavy atom. The van der Waals surface area contributed by atoms with Gasteiger partial charge in [-0.2, -0.15) is 0 Å². The van der Waals surface area contributed by atoms with Crippen molar-refractivity contribution in [2.24, 2.45) is 23.1 Å². The summed E-state index contributed by atoms with van der Waals surface area (Å²) in [5, 5.41) is 28.5. The number of benzene rings is 2. The van der Waals surface area contributed by atoms with Crippen LogP contribution >= 0.6 is 0 Å². The molecule has 1 aliphatic heterocycles. The number of primary amides is 2. The lowest BCUT2D eigenvalue weighted by atomic mass is 9.99. The van der Waals surface area contributed by atoms with Crippen molar-refractivity contribution >= 4 is 69.2 Å². The van der Waals surface area contributed by atoms with Crippen molar-refractivity contribution in [2.75, 3.05) is 26.7 Å². The van der Waals surface area contributed by atoms with Gasteiger partial charge in [0.2, 0.25) is 57.3 Å². The van der Waals surface area contributed by atoms with Crippen LogP contribution in [-0.4, -0.2) is 151 Å². The monoisotopic (exact) mass is 1030 g/mol. The molecule has 13 N–H and O–H groups in total. The third-order valence-electron chi connectivity index (χ3n) is 11.3. The zero-order valence-corrected chi connectivity index (χ0v) is 41.2. The van der Waals surface area contributed by atoms with Crippen LogP contribution in [0.25, 0.3) is 0 Å². The molecule has 1 aliphatic rings. The van der Waals surface area contributed by atoms with E-state index in [9.17, 15) is 66.6 Å². The van der Waals surface area contributed by atoms with Gasteiger partial charge in [0.05, 0.1) is 17.7 Å². The van der Waals surface area contributed by atoms with Crippen molar-refractivity contribution in [3.05, 3.63) is 54.6 Å². The minimum atomic E-state index is -4.02. The van der Waals surface area contributed by atoms with E-state index in [-0.39, 0.29) is 69.0 Å². The maximum Gasteiger partial charge on any atom is 0.305 e. The molecule has 1 fully saturated rings. The number of hydrogen-bond donors (Lipinski definition) is 10. The molecule has 0 aliphatic carbocycles. The van der Waals surface area contributed by atoms with Crippen LogP contribution in [0, 0.1) is 5.92 Å². The van der Waals surface area contributed by atoms with Gasteiger partial charge in [0, 0.05) is 45.4 Å². The molecular weight excluding hydrogens is 965 g/mol. The van der Waals surface area contributed by atoms with Crippen molar-refractivity contribution < 1.29 is 71.3 Å². The van der Waals surface area contributed by atoms with Gasteiger partial charge in [0.15, 0.2) is 0 Å². The van der Waals surface area contributed by atoms with Gasteiger partial charge in [-0.15, -0.1) is 0 Å². The van der Waals surface area contributed by atoms with E-state index in [0.717, 1.165) is 4.90 Å². The second-order valence-corrected chi connectivity index (χ2v) is 19.3. The number of hydrogen-bond acceptors (Lipinski definition) is 14. The lowest BCUT2D eigenvalue weighted by Crippen LogP contribution is -2.60. The fourth-order valence-corrected chi connectivity index (χ4v) is 8.83. The van der Waals surface area contributed by atoms with E-state index in [1.807, 2.05) is 6.07 Å². The highest BCUT2D eigenvalue weighted by atomic mass is 32.2. The molecule has 0 aromatic heterocycles. The van der Waals surface area contributed by atoms with Crippen LogP contribution in [0.3, 0.4) is 0 Å². The normalized spacial score (nSPS) is 15.5. The maximum atomic E-state index is 14.2. The highest BCUT2D eigenvalue weighted by Gasteiger charge is 2.40. The van der Waals surface area contributed by atoms with Crippen LogP contribution in [0.5, 0.6) is 11.5 Å². The van der Waals surface area contributed by atoms with E-state index < -0.39 is 125 Å². The second-order valence-electron chi connectivity index (χ2n) is 17.6. The number of likely N-dealkylation sites (N-methyl/N-ethyl adjacent to an activating group) is 1. The summed E-state index contributed by atoms with van der Waals surface area (Å²) in [5.74, 6) is -9.51. The largest absolute Gasteiger partial charge is 0.481 e. The molecule has 2 aromatic rings. The standard InChI is InChI=1S/C46H66N10O15S/c1-27(2)23-35(45(67)55(3)36(17-18-40(60)61)46(68)56-22-8-9-28(56)24-37(48)57)54-42(64)32(19-20-47)52-44(66)34(26-41(62)63)53-43(65)33(25-38(49)58)51-39(59)12-7-21-50-72(69,70)31-15-13-30(14-16-31)71-29-10-5-4-6-11-29/h4-6,10-11,13-16,27-28,32-36,50H,7-9,12,17-26,47H2,1-3H3,(H2,48,57)(H2,49,58)(H,51,59)(H,52,66)(H,53,65)(H,54,64)(H,60,61)(H,62,63)/t28-,32-,33-,34-,35-,36-/m0/s1. The van der Waals surface area contributed by atoms with Crippen LogP contribution in [0.2, 0.25) is 0 Å². The van der Waals surface area contributed by atoms with Gasteiger partial charge in [0.1, 0.15) is 41.7 Å². The molecule has 0 bridgehead atoms. The Morgan fingerprint density at radius 3 is 1.90 bits per heavy atom. The summed E-state index contributed by atoms with van der Waals surface area (Å²) in [6, 6.07) is 5.95. The molecule has 0 unspecified atom stereocenters. The van der Waals surface area contributed by atoms with Crippen molar-refractivity contribution in [3.8, 4) is 11.5 Å². The molecule has 0 saturated carbocycles. The predicted molar refractivity (Wildman–Crippen MR) is 256 cm³/mol. The Kier molecular flexibility index (Phi) is 23.5. The predicted octanol–water partition coefficient (Wildman–Crippen LogP) is -1.22. The lowest BCUT2D eigenvalue weighted by molar-refractivity contribution is -0.148. The zero-order valence-electron chi connectivity index (χ0n) is 40.4. The number of carbonyl (C=O) groups is 10. The fraction of sp³-hybridized carbons (Fsp3) is 0.522. The number of para-hydroxylation sites is 1. The van der Waals surface area contributed by atoms with Gasteiger partial charge in [-0.1, -0.05) is 32.0 Å². The molecule has 6 atom stereocenters. The van der Waals surface area contributed by atoms with Gasteiger partial charge < -0.3 is 63.2 Å². The number of carbonyl (C=O) groups excluding carboxylic acids is 8. The number of nitrogens with one attached hydrogen (secondary N) is 5. The van der Waals surface area contributed by atoms with E-state index >= 15 is 0 Å². The first-order chi connectivity index (χ1) is 33.9. The topological polar surface area (TPSA) is 399 Å². The Bertz CT molecular complexity index is 2360. The van der Waals surface area contributed by atoms with Crippen LogP contribution < -0.4 is 47.9 Å². The van der Waals surface area contributed by atoms with E-state index in [2.05, 4.69) is 26.0 Å². The van der Waals surface area contributed by atoms with E-state index in [1.165, 1.54) is 36.2 Å². The van der Waals surface area contributed by atoms with Gasteiger partial charge >= 0.3 is 11.9 Å². The number of amides is 8. The Morgan fingerprint density at radius 2 is 1.33 bits per heavy atom. The minimum Gasteiger partial charge on any atom is -0.481 e. The Labute approximate surface area is 416 Å². The molecule has 72 heavy (non-hydrogen) atoms. The molecule has 0 radical (unpaired) electrons. The van der Waals surface area contributed by atoms with Gasteiger partial charge in [0.25, 0.3) is 0 Å². The molecule has 1 heterocycles. The number of nitrogens with zero attached hydrogens (tertiary/aromatic N) is 2. The van der Waals surface area contributed by atoms with E-state index in [4.69, 9.17) is 21.9 Å². The van der Waals surface area contributed by atoms with Crippen LogP contribution in [0.15, 0.2) is 59.5 Å². The number of likely N-dealkylation sites (tertiary alicyclic amines) is 1. The number of sulfonamides is 1. The SMILES string of the molecule is CC(C)C[C@H](NC(=O)[C@H](CCN)NC(=O)[C@H](CC(=O)O)NC(=O)[C@H](CC(N)=O)NC(=O)CCCNS(=O)(=O)c1ccc(Oc2ccccc2)cc1)C(=O)N(C)[C@@H](CCC(=O)O)C(=O)N1CCC[C@H]1CC(N)=O. The van der Waals surface area contributed by atoms with E-state index in [0.29, 0.717) is 24.3 Å². The van der Waals surface area contributed by atoms with Crippen molar-refractivity contribution in [1.29, 1.82) is 0 Å². The molecule has 1 saturated heterocycles. The summed E-state index contributed by atoms with van der Waals surface area (Å²) in [4.78, 5) is 132. The van der Waals surface area contributed by atoms with Crippen LogP contribution in [0.1, 0.15) is 84.5 Å². The molecule has 8 amide bonds. The van der Waals surface area contributed by atoms with Crippen LogP contribution in [0.4, 0.5) is 0 Å². The maximum absolute atomic E-state index is 14.2.